The first-order valence-corrected chi connectivity index (χ1v) is 6.90. The zero-order valence-corrected chi connectivity index (χ0v) is 11.1. The van der Waals surface area contributed by atoms with Crippen LogP contribution in [0.25, 0.3) is 0 Å². The molecule has 100 valence electrons. The summed E-state index contributed by atoms with van der Waals surface area (Å²) in [6, 6.07) is 0. The van der Waals surface area contributed by atoms with Gasteiger partial charge in [-0.3, -0.25) is 4.79 Å². The van der Waals surface area contributed by atoms with Gasteiger partial charge in [-0.05, 0) is 6.08 Å². The highest BCUT2D eigenvalue weighted by molar-refractivity contribution is 7.85. The number of carbonyl (C=O) groups excluding carboxylic acids is 1. The lowest BCUT2D eigenvalue weighted by Gasteiger charge is -2.30. The van der Waals surface area contributed by atoms with Gasteiger partial charge in [-0.2, -0.15) is 0 Å². The molecular formula is C10H20N2O4S. The first kappa shape index (κ1) is 16.1. The summed E-state index contributed by atoms with van der Waals surface area (Å²) >= 11 is 0. The van der Waals surface area contributed by atoms with Crippen LogP contribution in [0.1, 0.15) is 6.42 Å². The van der Waals surface area contributed by atoms with Crippen LogP contribution < -0.4 is 5.32 Å². The average molecular weight is 264 g/mol. The molecule has 0 radical (unpaired) electrons. The van der Waals surface area contributed by atoms with Crippen molar-refractivity contribution < 1.29 is 22.2 Å². The van der Waals surface area contributed by atoms with Crippen LogP contribution in [0.2, 0.25) is 0 Å². The molecule has 0 aromatic heterocycles. The quantitative estimate of drug-likeness (QED) is 0.357. The highest BCUT2D eigenvalue weighted by Crippen LogP contribution is 2.00. The maximum Gasteiger partial charge on any atom is 0.243 e. The summed E-state index contributed by atoms with van der Waals surface area (Å²) < 4.78 is 31.8. The molecule has 0 heterocycles. The zero-order valence-electron chi connectivity index (χ0n) is 10.3. The van der Waals surface area contributed by atoms with Crippen molar-refractivity contribution >= 4 is 16.0 Å². The van der Waals surface area contributed by atoms with E-state index in [9.17, 15) is 17.8 Å². The molecular weight excluding hydrogens is 244 g/mol. The van der Waals surface area contributed by atoms with E-state index in [4.69, 9.17) is 0 Å². The van der Waals surface area contributed by atoms with Gasteiger partial charge in [0.1, 0.15) is 0 Å². The number of hydrogen-bond acceptors (Lipinski definition) is 4. The highest BCUT2D eigenvalue weighted by atomic mass is 32.2. The van der Waals surface area contributed by atoms with Crippen LogP contribution in [-0.4, -0.2) is 62.8 Å². The van der Waals surface area contributed by atoms with Gasteiger partial charge in [0.05, 0.1) is 43.8 Å². The van der Waals surface area contributed by atoms with E-state index in [1.54, 1.807) is 0 Å². The van der Waals surface area contributed by atoms with Gasteiger partial charge in [0.25, 0.3) is 0 Å². The lowest BCUT2D eigenvalue weighted by atomic mass is 10.3. The molecule has 0 atom stereocenters. The molecule has 0 aromatic rings. The Hall–Kier alpha value is -0.920. The third-order valence-corrected chi connectivity index (χ3v) is 3.15. The fraction of sp³-hybridized carbons (Fsp3) is 0.700. The first-order chi connectivity index (χ1) is 7.66. The number of amides is 1. The first-order valence-electron chi connectivity index (χ1n) is 5.32. The molecule has 0 saturated heterocycles. The molecule has 0 aliphatic heterocycles. The second-order valence-corrected chi connectivity index (χ2v) is 6.02. The summed E-state index contributed by atoms with van der Waals surface area (Å²) in [5.74, 6) is -0.569. The van der Waals surface area contributed by atoms with Crippen molar-refractivity contribution in [1.82, 2.24) is 5.32 Å². The molecule has 0 spiro atoms. The fourth-order valence-corrected chi connectivity index (χ4v) is 1.82. The van der Waals surface area contributed by atoms with Gasteiger partial charge in [-0.25, -0.2) is 8.42 Å². The van der Waals surface area contributed by atoms with Crippen molar-refractivity contribution in [2.75, 3.05) is 39.5 Å². The van der Waals surface area contributed by atoms with Gasteiger partial charge in [0.15, 0.2) is 0 Å². The SMILES string of the molecule is C=CC(=O)NCC[N+](C)(C)CCCS(=O)(=O)[O-]. The molecule has 6 nitrogen and oxygen atoms in total. The topological polar surface area (TPSA) is 86.3 Å². The molecule has 0 aliphatic rings. The van der Waals surface area contributed by atoms with E-state index in [1.807, 2.05) is 14.1 Å². The molecule has 0 rings (SSSR count). The molecule has 0 fully saturated rings. The van der Waals surface area contributed by atoms with E-state index in [2.05, 4.69) is 11.9 Å². The van der Waals surface area contributed by atoms with E-state index in [0.717, 1.165) is 0 Å². The summed E-state index contributed by atoms with van der Waals surface area (Å²) in [5, 5.41) is 2.64. The molecule has 0 bridgehead atoms. The molecule has 0 unspecified atom stereocenters. The van der Waals surface area contributed by atoms with E-state index >= 15 is 0 Å². The van der Waals surface area contributed by atoms with E-state index in [0.29, 0.717) is 30.5 Å². The normalized spacial score (nSPS) is 12.2. The van der Waals surface area contributed by atoms with Gasteiger partial charge in [-0.1, -0.05) is 6.58 Å². The molecule has 0 aromatic carbocycles. The third kappa shape index (κ3) is 9.98. The lowest BCUT2D eigenvalue weighted by molar-refractivity contribution is -0.889. The number of hydrogen-bond donors (Lipinski definition) is 1. The summed E-state index contributed by atoms with van der Waals surface area (Å²) in [4.78, 5) is 10.9. The fourth-order valence-electron chi connectivity index (χ4n) is 1.34. The van der Waals surface area contributed by atoms with Gasteiger partial charge < -0.3 is 14.4 Å². The molecule has 17 heavy (non-hydrogen) atoms. The highest BCUT2D eigenvalue weighted by Gasteiger charge is 2.14. The second kappa shape index (κ2) is 6.73. The maximum absolute atomic E-state index is 10.9. The Morgan fingerprint density at radius 3 is 2.47 bits per heavy atom. The van der Waals surface area contributed by atoms with Gasteiger partial charge in [-0.15, -0.1) is 0 Å². The minimum Gasteiger partial charge on any atom is -0.748 e. The van der Waals surface area contributed by atoms with E-state index < -0.39 is 10.1 Å². The molecule has 0 aliphatic carbocycles. The van der Waals surface area contributed by atoms with Crippen molar-refractivity contribution in [3.05, 3.63) is 12.7 Å². The monoisotopic (exact) mass is 264 g/mol. The minimum atomic E-state index is -4.13. The maximum atomic E-state index is 10.9. The minimum absolute atomic E-state index is 0.230. The third-order valence-electron chi connectivity index (χ3n) is 2.36. The molecule has 0 saturated carbocycles. The Labute approximate surface area is 103 Å². The number of nitrogens with zero attached hydrogens (tertiary/aromatic N) is 1. The van der Waals surface area contributed by atoms with Crippen molar-refractivity contribution in [2.45, 2.75) is 6.42 Å². The van der Waals surface area contributed by atoms with Crippen molar-refractivity contribution in [2.24, 2.45) is 0 Å². The van der Waals surface area contributed by atoms with Crippen LogP contribution >= 0.6 is 0 Å². The Balaban J connectivity index is 3.87. The Kier molecular flexibility index (Phi) is 6.36. The van der Waals surface area contributed by atoms with Crippen LogP contribution in [0.15, 0.2) is 12.7 Å². The van der Waals surface area contributed by atoms with Crippen molar-refractivity contribution in [3.63, 3.8) is 0 Å². The number of quaternary nitrogens is 1. The smallest absolute Gasteiger partial charge is 0.243 e. The summed E-state index contributed by atoms with van der Waals surface area (Å²) in [5.41, 5.74) is 0. The predicted molar refractivity (Wildman–Crippen MR) is 64.2 cm³/mol. The van der Waals surface area contributed by atoms with Crippen LogP contribution in [0.4, 0.5) is 0 Å². The Bertz CT molecular complexity index is 363. The van der Waals surface area contributed by atoms with Gasteiger partial charge >= 0.3 is 0 Å². The Morgan fingerprint density at radius 2 is 2.00 bits per heavy atom. The Morgan fingerprint density at radius 1 is 1.41 bits per heavy atom. The predicted octanol–water partition coefficient (Wildman–Crippen LogP) is -0.700. The van der Waals surface area contributed by atoms with Crippen LogP contribution in [0.5, 0.6) is 0 Å². The largest absolute Gasteiger partial charge is 0.748 e. The number of carbonyl (C=O) groups is 1. The van der Waals surface area contributed by atoms with Crippen molar-refractivity contribution in [1.29, 1.82) is 0 Å². The average Bonchev–Trinajstić information content (AvgIpc) is 2.14. The zero-order chi connectivity index (χ0) is 13.5. The van der Waals surface area contributed by atoms with Crippen molar-refractivity contribution in [3.8, 4) is 0 Å². The summed E-state index contributed by atoms with van der Waals surface area (Å²) in [6.45, 7) is 5.06. The van der Waals surface area contributed by atoms with Gasteiger partial charge in [0, 0.05) is 12.2 Å². The molecule has 1 amide bonds. The van der Waals surface area contributed by atoms with Crippen LogP contribution in [-0.2, 0) is 14.9 Å². The van der Waals surface area contributed by atoms with Crippen LogP contribution in [0, 0.1) is 0 Å². The van der Waals surface area contributed by atoms with E-state index in [1.165, 1.54) is 6.08 Å². The lowest BCUT2D eigenvalue weighted by Crippen LogP contribution is -2.46. The number of nitrogens with one attached hydrogen (secondary N) is 1. The molecule has 7 heteroatoms. The summed E-state index contributed by atoms with van der Waals surface area (Å²) in [6.07, 6.45) is 1.53. The summed E-state index contributed by atoms with van der Waals surface area (Å²) in [7, 11) is -0.299. The molecule has 1 N–H and O–H groups in total. The van der Waals surface area contributed by atoms with Crippen LogP contribution in [0.3, 0.4) is 0 Å². The van der Waals surface area contributed by atoms with E-state index in [-0.39, 0.29) is 11.7 Å². The standard InChI is InChI=1S/C10H20N2O4S/c1-4-10(13)11-6-8-12(2,3)7-5-9-17(14,15)16/h4H,1,5-9H2,2-3H3,(H-,11,13,14,15,16). The van der Waals surface area contributed by atoms with Gasteiger partial charge in [0.2, 0.25) is 5.91 Å². The number of likely N-dealkylation sites (N-methyl/N-ethyl adjacent to an activating group) is 1. The number of rotatable bonds is 8. The second-order valence-electron chi connectivity index (χ2n) is 4.49.